The van der Waals surface area contributed by atoms with Gasteiger partial charge in [-0.25, -0.2) is 0 Å². The van der Waals surface area contributed by atoms with E-state index in [1.165, 1.54) is 0 Å². The van der Waals surface area contributed by atoms with Crippen LogP contribution in [0.25, 0.3) is 0 Å². The first-order valence-electron chi connectivity index (χ1n) is 23.7. The van der Waals surface area contributed by atoms with Crippen molar-refractivity contribution in [3.8, 4) is 5.75 Å². The molecule has 3 spiro atoms. The molecule has 338 valence electrons. The topological polar surface area (TPSA) is 171 Å². The molecule has 1 amide bonds. The summed E-state index contributed by atoms with van der Waals surface area (Å²) in [6.07, 6.45) is 8.47. The Morgan fingerprint density at radius 2 is 1.75 bits per heavy atom. The van der Waals surface area contributed by atoms with E-state index in [1.807, 2.05) is 17.9 Å². The van der Waals surface area contributed by atoms with E-state index in [1.54, 1.807) is 39.8 Å². The minimum absolute atomic E-state index is 0.0486. The van der Waals surface area contributed by atoms with Crippen LogP contribution in [0.3, 0.4) is 0 Å². The van der Waals surface area contributed by atoms with Crippen LogP contribution in [-0.4, -0.2) is 102 Å². The molecule has 12 heteroatoms. The van der Waals surface area contributed by atoms with Gasteiger partial charge in [-0.05, 0) is 155 Å². The largest absolute Gasteiger partial charge is 0.508 e. The van der Waals surface area contributed by atoms with Crippen LogP contribution < -0.4 is 4.90 Å². The van der Waals surface area contributed by atoms with E-state index in [2.05, 4.69) is 27.7 Å². The number of ketones is 1. The third-order valence-electron chi connectivity index (χ3n) is 18.9. The number of allylic oxidation sites excluding steroid dienone is 1. The fourth-order valence-electron chi connectivity index (χ4n) is 15.1. The molecule has 1 aromatic carbocycles. The molecule has 10 nitrogen and oxygen atoms in total. The molecule has 15 unspecified atom stereocenters. The maximum Gasteiger partial charge on any atom is 0.233 e. The fraction of sp³-hybridized carbons (Fsp3) is 0.796. The van der Waals surface area contributed by atoms with Crippen molar-refractivity contribution in [3.05, 3.63) is 35.4 Å². The lowest BCUT2D eigenvalue weighted by Gasteiger charge is -2.65. The van der Waals surface area contributed by atoms with E-state index in [-0.39, 0.29) is 78.0 Å². The van der Waals surface area contributed by atoms with Gasteiger partial charge in [-0.1, -0.05) is 62.1 Å². The third kappa shape index (κ3) is 6.62. The quantitative estimate of drug-likeness (QED) is 0.122. The molecule has 8 bridgehead atoms. The third-order valence-corrected chi connectivity index (χ3v) is 22.0. The number of aliphatic hydroxyl groups excluding tert-OH is 3. The second-order valence-electron chi connectivity index (χ2n) is 21.9. The Balaban J connectivity index is 1.19. The Labute approximate surface area is 370 Å². The number of carbonyl (C=O) groups is 2. The van der Waals surface area contributed by atoms with Crippen LogP contribution >= 0.6 is 21.6 Å². The molecule has 61 heavy (non-hydrogen) atoms. The number of epoxide rings is 1. The van der Waals surface area contributed by atoms with Gasteiger partial charge in [0, 0.05) is 41.3 Å². The van der Waals surface area contributed by atoms with E-state index >= 15 is 9.59 Å². The first-order valence-corrected chi connectivity index (χ1v) is 26.0. The standard InChI is InChI=1S/C49H71NO9S2/c1-28(2)29(3)41-42(59-41)45(5,57)39-13-17-49(58)35-24-40(55)48-26-37(54)36(53)25-44(48,4)33(35)12-16-47(39,49)15-11-30-21-31(23-32(52)22-30)50-19-18-46(43(50)56)14-7-6-9-34(46)38(10-8-20-51)61-60-27-48/h21-24,28-29,33-34,36-39,41-42,51-54,57-58H,6-20,25-27H2,1-5H3. The van der Waals surface area contributed by atoms with Gasteiger partial charge in [0.2, 0.25) is 5.91 Å². The highest BCUT2D eigenvalue weighted by atomic mass is 33.1. The number of aryl methyl sites for hydroxylation is 1. The maximum atomic E-state index is 15.3. The molecule has 1 aromatic rings. The van der Waals surface area contributed by atoms with Gasteiger partial charge in [0.05, 0.1) is 40.3 Å². The number of rotatable bonds is 7. The molecule has 6 fully saturated rings. The van der Waals surface area contributed by atoms with E-state index in [0.29, 0.717) is 75.3 Å². The number of nitrogens with zero attached hydrogens (tertiary/aromatic N) is 1. The molecular formula is C49H71NO9S2. The van der Waals surface area contributed by atoms with Crippen molar-refractivity contribution in [1.29, 1.82) is 0 Å². The van der Waals surface area contributed by atoms with Gasteiger partial charge in [0.25, 0.3) is 0 Å². The number of hydrogen-bond donors (Lipinski definition) is 6. The number of amides is 1. The summed E-state index contributed by atoms with van der Waals surface area (Å²) in [5.74, 6) is 0.614. The van der Waals surface area contributed by atoms with Crippen molar-refractivity contribution in [2.45, 2.75) is 172 Å². The van der Waals surface area contributed by atoms with Gasteiger partial charge in [0.15, 0.2) is 5.78 Å². The van der Waals surface area contributed by atoms with Gasteiger partial charge in [-0.3, -0.25) is 9.59 Å². The summed E-state index contributed by atoms with van der Waals surface area (Å²) in [6, 6.07) is 5.52. The Kier molecular flexibility index (Phi) is 11.5. The van der Waals surface area contributed by atoms with Crippen LogP contribution in [0.5, 0.6) is 5.75 Å². The van der Waals surface area contributed by atoms with Crippen LogP contribution in [0.1, 0.15) is 130 Å². The van der Waals surface area contributed by atoms with Crippen LogP contribution in [0.4, 0.5) is 5.69 Å². The number of ether oxygens (including phenoxy) is 1. The molecule has 0 radical (unpaired) electrons. The zero-order valence-corrected chi connectivity index (χ0v) is 38.6. The van der Waals surface area contributed by atoms with E-state index in [0.717, 1.165) is 43.2 Å². The number of anilines is 1. The predicted molar refractivity (Wildman–Crippen MR) is 239 cm³/mol. The Bertz CT molecular complexity index is 1920. The van der Waals surface area contributed by atoms with Gasteiger partial charge in [-0.15, -0.1) is 0 Å². The zero-order chi connectivity index (χ0) is 43.5. The monoisotopic (exact) mass is 881 g/mol. The molecule has 0 aromatic heterocycles. The van der Waals surface area contributed by atoms with E-state index in [4.69, 9.17) is 4.74 Å². The van der Waals surface area contributed by atoms with Crippen molar-refractivity contribution in [2.24, 2.45) is 51.2 Å². The molecule has 6 N–H and O–H groups in total. The molecule has 10 aliphatic rings. The molecule has 11 rings (SSSR count). The van der Waals surface area contributed by atoms with Gasteiger partial charge in [0.1, 0.15) is 11.9 Å². The van der Waals surface area contributed by atoms with Gasteiger partial charge in [-0.2, -0.15) is 0 Å². The summed E-state index contributed by atoms with van der Waals surface area (Å²) in [5.41, 5.74) is -3.60. The van der Waals surface area contributed by atoms with Crippen molar-refractivity contribution in [1.82, 2.24) is 0 Å². The Morgan fingerprint density at radius 1 is 0.984 bits per heavy atom. The van der Waals surface area contributed by atoms with Crippen molar-refractivity contribution >= 4 is 39.0 Å². The summed E-state index contributed by atoms with van der Waals surface area (Å²) < 4.78 is 6.36. The number of phenolic OH excluding ortho intramolecular Hbond substituents is 1. The van der Waals surface area contributed by atoms with Crippen LogP contribution in [0.15, 0.2) is 29.8 Å². The highest BCUT2D eigenvalue weighted by Crippen LogP contribution is 2.73. The summed E-state index contributed by atoms with van der Waals surface area (Å²) in [5, 5.41) is 70.9. The van der Waals surface area contributed by atoms with E-state index in [9.17, 15) is 30.6 Å². The van der Waals surface area contributed by atoms with Crippen LogP contribution in [0.2, 0.25) is 0 Å². The number of carbonyl (C=O) groups excluding carboxylic acids is 2. The van der Waals surface area contributed by atoms with Crippen molar-refractivity contribution in [3.63, 3.8) is 0 Å². The summed E-state index contributed by atoms with van der Waals surface area (Å²) in [7, 11) is 3.39. The number of benzene rings is 1. The first kappa shape index (κ1) is 44.6. The van der Waals surface area contributed by atoms with E-state index < -0.39 is 45.1 Å². The molecular weight excluding hydrogens is 811 g/mol. The number of aromatic hydroxyl groups is 1. The summed E-state index contributed by atoms with van der Waals surface area (Å²) in [6.45, 7) is 11.2. The first-order chi connectivity index (χ1) is 28.9. The SMILES string of the molecule is CC(C)C(C)C1OC1C(C)(O)C1CCC2(O)C3=CC(=O)C45CSSC(CCCO)C6CCCCC67CCN(C7=O)c6cc(O)cc(c6)CCC12CCC3C4(C)CC(O)C(O)C5. The molecule has 2 saturated heterocycles. The average Bonchev–Trinajstić information content (AvgIpc) is 3.88. The Hall–Kier alpha value is -1.64. The predicted octanol–water partition coefficient (Wildman–Crippen LogP) is 7.14. The zero-order valence-electron chi connectivity index (χ0n) is 37.0. The summed E-state index contributed by atoms with van der Waals surface area (Å²) in [4.78, 5) is 32.2. The lowest BCUT2D eigenvalue weighted by Crippen LogP contribution is -2.67. The Morgan fingerprint density at radius 3 is 2.51 bits per heavy atom. The second kappa shape index (κ2) is 15.8. The minimum atomic E-state index is -1.43. The minimum Gasteiger partial charge on any atom is -0.508 e. The highest BCUT2D eigenvalue weighted by molar-refractivity contribution is 8.77. The molecule has 4 saturated carbocycles. The van der Waals surface area contributed by atoms with Gasteiger partial charge >= 0.3 is 0 Å². The van der Waals surface area contributed by atoms with Crippen LogP contribution in [0, 0.1) is 51.2 Å². The number of phenols is 1. The second-order valence-corrected chi connectivity index (χ2v) is 24.5. The van der Waals surface area contributed by atoms with Crippen molar-refractivity contribution < 1.29 is 45.0 Å². The molecule has 15 atom stereocenters. The van der Waals surface area contributed by atoms with Gasteiger partial charge < -0.3 is 40.3 Å². The van der Waals surface area contributed by atoms with Crippen molar-refractivity contribution in [2.75, 3.05) is 23.8 Å². The summed E-state index contributed by atoms with van der Waals surface area (Å²) >= 11 is 0. The van der Waals surface area contributed by atoms with Crippen LogP contribution in [-0.2, 0) is 20.7 Å². The molecule has 5 heterocycles. The molecule has 5 aliphatic carbocycles. The normalized spacial score (nSPS) is 45.0. The fourth-order valence-corrected chi connectivity index (χ4v) is 19.0. The smallest absolute Gasteiger partial charge is 0.233 e. The lowest BCUT2D eigenvalue weighted by atomic mass is 9.41. The highest BCUT2D eigenvalue weighted by Gasteiger charge is 2.74. The maximum absolute atomic E-state index is 15.3. The number of fused-ring (bicyclic) bond motifs is 2. The number of hydrogen-bond acceptors (Lipinski definition) is 11. The average molecular weight is 882 g/mol. The lowest BCUT2D eigenvalue weighted by molar-refractivity contribution is -0.183. The molecule has 5 aliphatic heterocycles. The number of aliphatic hydroxyl groups is 5.